The Morgan fingerprint density at radius 3 is 2.47 bits per heavy atom. The molecule has 1 aromatic rings. The van der Waals surface area contributed by atoms with Gasteiger partial charge in [-0.25, -0.2) is 13.2 Å². The van der Waals surface area contributed by atoms with Crippen LogP contribution < -0.4 is 4.72 Å². The average molecular weight is 307 g/mol. The molecule has 0 atom stereocenters. The number of nitrogens with one attached hydrogen (secondary N) is 1. The molecule has 0 saturated heterocycles. The molecular weight excluding hydrogens is 294 g/mol. The Hall–Kier alpha value is -1.45. The third-order valence-electron chi connectivity index (χ3n) is 2.20. The summed E-state index contributed by atoms with van der Waals surface area (Å²) in [4.78, 5) is 21.7. The minimum absolute atomic E-state index is 0.312. The van der Waals surface area contributed by atoms with E-state index in [9.17, 15) is 18.0 Å². The van der Waals surface area contributed by atoms with Gasteiger partial charge in [-0.2, -0.15) is 4.72 Å². The van der Waals surface area contributed by atoms with Crippen molar-refractivity contribution in [2.24, 2.45) is 0 Å². The largest absolute Gasteiger partial charge is 0.477 e. The number of methoxy groups -OCH3 is 1. The Morgan fingerprint density at radius 1 is 1.42 bits per heavy atom. The molecule has 0 amide bonds. The fourth-order valence-corrected chi connectivity index (χ4v) is 3.98. The first-order valence-electron chi connectivity index (χ1n) is 5.05. The lowest BCUT2D eigenvalue weighted by molar-refractivity contribution is -0.146. The first-order chi connectivity index (χ1) is 8.62. The number of carboxylic acid groups (broad SMARTS) is 1. The predicted octanol–water partition coefficient (Wildman–Crippen LogP) is 0.676. The van der Waals surface area contributed by atoms with E-state index in [-0.39, 0.29) is 9.77 Å². The lowest BCUT2D eigenvalue weighted by atomic mass is 10.1. The molecule has 0 saturated carbocycles. The lowest BCUT2D eigenvalue weighted by Gasteiger charge is -2.22. The Morgan fingerprint density at radius 2 is 2.00 bits per heavy atom. The summed E-state index contributed by atoms with van der Waals surface area (Å²) >= 11 is 0.790. The summed E-state index contributed by atoms with van der Waals surface area (Å²) in [6, 6.07) is 1.17. The van der Waals surface area contributed by atoms with Crippen LogP contribution in [0.2, 0.25) is 0 Å². The highest BCUT2D eigenvalue weighted by Crippen LogP contribution is 2.23. The number of rotatable bonds is 5. The second-order valence-electron chi connectivity index (χ2n) is 4.14. The fraction of sp³-hybridized carbons (Fsp3) is 0.400. The van der Waals surface area contributed by atoms with Gasteiger partial charge in [0.25, 0.3) is 0 Å². The van der Waals surface area contributed by atoms with Gasteiger partial charge in [-0.1, -0.05) is 0 Å². The third kappa shape index (κ3) is 3.31. The van der Waals surface area contributed by atoms with Crippen LogP contribution in [0.25, 0.3) is 0 Å². The summed E-state index contributed by atoms with van der Waals surface area (Å²) in [6.07, 6.45) is 0. The fourth-order valence-electron chi connectivity index (χ4n) is 1.35. The van der Waals surface area contributed by atoms with Gasteiger partial charge in [-0.15, -0.1) is 11.3 Å². The van der Waals surface area contributed by atoms with Gasteiger partial charge in [-0.3, -0.25) is 4.79 Å². The van der Waals surface area contributed by atoms with Crippen LogP contribution in [0.15, 0.2) is 16.3 Å². The molecule has 0 aliphatic heterocycles. The molecule has 0 unspecified atom stereocenters. The van der Waals surface area contributed by atoms with E-state index in [1.54, 1.807) is 0 Å². The zero-order valence-electron chi connectivity index (χ0n) is 10.5. The van der Waals surface area contributed by atoms with Gasteiger partial charge >= 0.3 is 11.9 Å². The van der Waals surface area contributed by atoms with Crippen molar-refractivity contribution < 1.29 is 27.9 Å². The maximum Gasteiger partial charge on any atom is 0.347 e. The number of hydrogen-bond acceptors (Lipinski definition) is 6. The molecule has 9 heteroatoms. The number of thiophene rings is 1. The van der Waals surface area contributed by atoms with E-state index in [0.717, 1.165) is 18.4 Å². The lowest BCUT2D eigenvalue weighted by Crippen LogP contribution is -2.50. The second-order valence-corrected chi connectivity index (χ2v) is 6.71. The van der Waals surface area contributed by atoms with Crippen molar-refractivity contribution in [3.8, 4) is 0 Å². The number of esters is 1. The molecular formula is C10H13NO6S2. The third-order valence-corrected chi connectivity index (χ3v) is 4.93. The van der Waals surface area contributed by atoms with Crippen LogP contribution in [0.3, 0.4) is 0 Å². The molecule has 1 heterocycles. The van der Waals surface area contributed by atoms with E-state index in [1.807, 2.05) is 0 Å². The first kappa shape index (κ1) is 15.6. The standard InChI is InChI=1S/C10H13NO6S2/c1-10(2,9(14)17-3)11-19(15,16)6-4-5-18-7(6)8(12)13/h4-5,11H,1-3H3,(H,12,13). The van der Waals surface area contributed by atoms with Crippen molar-refractivity contribution >= 4 is 33.3 Å². The van der Waals surface area contributed by atoms with Crippen molar-refractivity contribution in [2.45, 2.75) is 24.3 Å². The van der Waals surface area contributed by atoms with Crippen molar-refractivity contribution in [1.82, 2.24) is 4.72 Å². The van der Waals surface area contributed by atoms with Crippen molar-refractivity contribution in [2.75, 3.05) is 7.11 Å². The molecule has 0 fully saturated rings. The summed E-state index contributed by atoms with van der Waals surface area (Å²) in [5.41, 5.74) is -1.49. The van der Waals surface area contributed by atoms with Crippen LogP contribution in [0, 0.1) is 0 Å². The maximum absolute atomic E-state index is 12.1. The summed E-state index contributed by atoms with van der Waals surface area (Å²) < 4.78 is 30.8. The Labute approximate surface area is 114 Å². The molecule has 0 aliphatic carbocycles. The van der Waals surface area contributed by atoms with Gasteiger partial charge < -0.3 is 9.84 Å². The van der Waals surface area contributed by atoms with E-state index in [1.165, 1.54) is 25.3 Å². The Bertz CT molecular complexity index is 601. The molecule has 0 radical (unpaired) electrons. The maximum atomic E-state index is 12.1. The van der Waals surface area contributed by atoms with E-state index in [0.29, 0.717) is 0 Å². The van der Waals surface area contributed by atoms with Crippen LogP contribution in [0.1, 0.15) is 23.5 Å². The summed E-state index contributed by atoms with van der Waals surface area (Å²) in [7, 11) is -3.00. The van der Waals surface area contributed by atoms with Crippen LogP contribution in [-0.4, -0.2) is 38.1 Å². The van der Waals surface area contributed by atoms with Gasteiger partial charge in [-0.05, 0) is 25.3 Å². The molecule has 19 heavy (non-hydrogen) atoms. The van der Waals surface area contributed by atoms with Crippen LogP contribution in [-0.2, 0) is 19.6 Å². The highest BCUT2D eigenvalue weighted by Gasteiger charge is 2.36. The van der Waals surface area contributed by atoms with Crippen LogP contribution in [0.5, 0.6) is 0 Å². The molecule has 2 N–H and O–H groups in total. The molecule has 1 aromatic heterocycles. The van der Waals surface area contributed by atoms with Gasteiger partial charge in [0.15, 0.2) is 0 Å². The number of carboxylic acids is 1. The van der Waals surface area contributed by atoms with Gasteiger partial charge in [0, 0.05) is 0 Å². The van der Waals surface area contributed by atoms with Crippen molar-refractivity contribution in [1.29, 1.82) is 0 Å². The highest BCUT2D eigenvalue weighted by molar-refractivity contribution is 7.89. The monoisotopic (exact) mass is 307 g/mol. The van der Waals surface area contributed by atoms with E-state index in [2.05, 4.69) is 9.46 Å². The number of hydrogen-bond donors (Lipinski definition) is 2. The smallest absolute Gasteiger partial charge is 0.347 e. The van der Waals surface area contributed by atoms with Crippen molar-refractivity contribution in [3.05, 3.63) is 16.3 Å². The Kier molecular flexibility index (Phi) is 4.33. The molecule has 0 bridgehead atoms. The predicted molar refractivity (Wildman–Crippen MR) is 67.7 cm³/mol. The summed E-state index contributed by atoms with van der Waals surface area (Å²) in [5, 5.41) is 10.2. The average Bonchev–Trinajstić information content (AvgIpc) is 2.76. The number of carbonyl (C=O) groups excluding carboxylic acids is 1. The van der Waals surface area contributed by atoms with Crippen LogP contribution >= 0.6 is 11.3 Å². The zero-order valence-corrected chi connectivity index (χ0v) is 12.1. The van der Waals surface area contributed by atoms with Crippen LogP contribution in [0.4, 0.5) is 0 Å². The Balaban J connectivity index is 3.16. The minimum Gasteiger partial charge on any atom is -0.477 e. The molecule has 7 nitrogen and oxygen atoms in total. The van der Waals surface area contributed by atoms with E-state index >= 15 is 0 Å². The molecule has 0 aromatic carbocycles. The van der Waals surface area contributed by atoms with E-state index in [4.69, 9.17) is 5.11 Å². The summed E-state index contributed by atoms with van der Waals surface area (Å²) in [6.45, 7) is 2.65. The van der Waals surface area contributed by atoms with Gasteiger partial charge in [0.05, 0.1) is 7.11 Å². The molecule has 0 spiro atoms. The molecule has 1 rings (SSSR count). The molecule has 0 aliphatic rings. The van der Waals surface area contributed by atoms with E-state index < -0.39 is 27.5 Å². The SMILES string of the molecule is COC(=O)C(C)(C)NS(=O)(=O)c1ccsc1C(=O)O. The van der Waals surface area contributed by atoms with Crippen molar-refractivity contribution in [3.63, 3.8) is 0 Å². The minimum atomic E-state index is -4.13. The number of aromatic carboxylic acids is 1. The topological polar surface area (TPSA) is 110 Å². The highest BCUT2D eigenvalue weighted by atomic mass is 32.2. The normalized spacial score (nSPS) is 12.2. The van der Waals surface area contributed by atoms with Gasteiger partial charge in [0.1, 0.15) is 15.3 Å². The van der Waals surface area contributed by atoms with Gasteiger partial charge in [0.2, 0.25) is 10.0 Å². The zero-order chi connectivity index (χ0) is 14.8. The quantitative estimate of drug-likeness (QED) is 0.774. The number of carbonyl (C=O) groups is 2. The number of ether oxygens (including phenoxy) is 1. The first-order valence-corrected chi connectivity index (χ1v) is 7.41. The number of sulfonamides is 1. The summed E-state index contributed by atoms with van der Waals surface area (Å²) in [5.74, 6) is -2.12. The molecule has 106 valence electrons. The second kappa shape index (κ2) is 5.27.